The molecule has 1 N–H and O–H groups in total. The third-order valence-corrected chi connectivity index (χ3v) is 5.62. The fourth-order valence-electron chi connectivity index (χ4n) is 2.90. The van der Waals surface area contributed by atoms with Gasteiger partial charge >= 0.3 is 0 Å². The number of sulfonamides is 1. The van der Waals surface area contributed by atoms with E-state index in [1.807, 2.05) is 68.6 Å². The molecule has 0 aliphatic rings. The first-order valence-electron chi connectivity index (χ1n) is 8.51. The Labute approximate surface area is 155 Å². The predicted molar refractivity (Wildman–Crippen MR) is 107 cm³/mol. The summed E-state index contributed by atoms with van der Waals surface area (Å²) in [7, 11) is -3.40. The van der Waals surface area contributed by atoms with Crippen LogP contribution in [0.4, 0.5) is 5.69 Å². The lowest BCUT2D eigenvalue weighted by Crippen LogP contribution is -2.18. The van der Waals surface area contributed by atoms with E-state index in [0.29, 0.717) is 12.1 Å². The van der Waals surface area contributed by atoms with Crippen LogP contribution in [0.3, 0.4) is 0 Å². The second-order valence-electron chi connectivity index (χ2n) is 6.38. The highest BCUT2D eigenvalue weighted by atomic mass is 32.2. The summed E-state index contributed by atoms with van der Waals surface area (Å²) in [6.07, 6.45) is 4.09. The second kappa shape index (κ2) is 7.70. The van der Waals surface area contributed by atoms with Gasteiger partial charge in [0.05, 0.1) is 5.75 Å². The van der Waals surface area contributed by atoms with Crippen LogP contribution < -0.4 is 4.72 Å². The van der Waals surface area contributed by atoms with Crippen molar-refractivity contribution in [2.75, 3.05) is 10.5 Å². The molecule has 3 aromatic rings. The number of pyridine rings is 1. The van der Waals surface area contributed by atoms with Crippen LogP contribution in [0.1, 0.15) is 16.7 Å². The molecule has 0 atom stereocenters. The molecular formula is C21H22N2O2S. The van der Waals surface area contributed by atoms with Crippen LogP contribution in [0.25, 0.3) is 11.1 Å². The second-order valence-corrected chi connectivity index (χ2v) is 8.22. The van der Waals surface area contributed by atoms with Crippen molar-refractivity contribution in [2.45, 2.75) is 20.3 Å². The van der Waals surface area contributed by atoms with Crippen molar-refractivity contribution in [1.29, 1.82) is 0 Å². The van der Waals surface area contributed by atoms with E-state index in [1.165, 1.54) is 0 Å². The van der Waals surface area contributed by atoms with E-state index in [-0.39, 0.29) is 5.75 Å². The zero-order valence-electron chi connectivity index (χ0n) is 14.9. The summed E-state index contributed by atoms with van der Waals surface area (Å²) in [4.78, 5) is 4.19. The van der Waals surface area contributed by atoms with Crippen molar-refractivity contribution in [2.24, 2.45) is 0 Å². The van der Waals surface area contributed by atoms with Crippen molar-refractivity contribution in [3.8, 4) is 11.1 Å². The van der Waals surface area contributed by atoms with Gasteiger partial charge in [-0.1, -0.05) is 36.4 Å². The third-order valence-electron chi connectivity index (χ3n) is 4.33. The van der Waals surface area contributed by atoms with Gasteiger partial charge in [-0.15, -0.1) is 0 Å². The van der Waals surface area contributed by atoms with Crippen LogP contribution in [0.2, 0.25) is 0 Å². The Bertz CT molecular complexity index is 1000. The molecule has 0 saturated carbocycles. The summed E-state index contributed by atoms with van der Waals surface area (Å²) in [6, 6.07) is 17.2. The Morgan fingerprint density at radius 2 is 1.69 bits per heavy atom. The van der Waals surface area contributed by atoms with E-state index < -0.39 is 10.0 Å². The van der Waals surface area contributed by atoms with Crippen molar-refractivity contribution in [1.82, 2.24) is 4.98 Å². The van der Waals surface area contributed by atoms with E-state index in [1.54, 1.807) is 12.3 Å². The molecule has 0 saturated heterocycles. The topological polar surface area (TPSA) is 59.1 Å². The van der Waals surface area contributed by atoms with Gasteiger partial charge in [-0.2, -0.15) is 0 Å². The minimum atomic E-state index is -3.40. The first-order chi connectivity index (χ1) is 12.4. The lowest BCUT2D eigenvalue weighted by molar-refractivity contribution is 0.600. The molecular weight excluding hydrogens is 344 g/mol. The number of nitrogens with one attached hydrogen (secondary N) is 1. The normalized spacial score (nSPS) is 11.3. The quantitative estimate of drug-likeness (QED) is 0.705. The van der Waals surface area contributed by atoms with Gasteiger partial charge in [0, 0.05) is 23.6 Å². The number of hydrogen-bond donors (Lipinski definition) is 1. The first kappa shape index (κ1) is 18.1. The maximum absolute atomic E-state index is 12.4. The minimum absolute atomic E-state index is 0.0551. The van der Waals surface area contributed by atoms with Gasteiger partial charge in [0.25, 0.3) is 0 Å². The fourth-order valence-corrected chi connectivity index (χ4v) is 4.00. The molecule has 3 rings (SSSR count). The number of anilines is 1. The highest BCUT2D eigenvalue weighted by Gasteiger charge is 2.12. The fraction of sp³-hybridized carbons (Fsp3) is 0.190. The largest absolute Gasteiger partial charge is 0.284 e. The highest BCUT2D eigenvalue weighted by molar-refractivity contribution is 7.92. The summed E-state index contributed by atoms with van der Waals surface area (Å²) in [5.74, 6) is 0.0551. The Kier molecular flexibility index (Phi) is 5.38. The Hall–Kier alpha value is -2.66. The van der Waals surface area contributed by atoms with Crippen LogP contribution in [0.5, 0.6) is 0 Å². The van der Waals surface area contributed by atoms with Gasteiger partial charge in [0.15, 0.2) is 0 Å². The average Bonchev–Trinajstić information content (AvgIpc) is 2.62. The molecule has 0 radical (unpaired) electrons. The molecule has 2 aromatic carbocycles. The molecule has 5 heteroatoms. The van der Waals surface area contributed by atoms with Gasteiger partial charge in [-0.25, -0.2) is 8.42 Å². The van der Waals surface area contributed by atoms with Crippen molar-refractivity contribution >= 4 is 15.7 Å². The molecule has 0 unspecified atom stereocenters. The number of rotatable bonds is 6. The van der Waals surface area contributed by atoms with Crippen LogP contribution in [-0.4, -0.2) is 19.2 Å². The minimum Gasteiger partial charge on any atom is -0.284 e. The summed E-state index contributed by atoms with van der Waals surface area (Å²) in [5.41, 5.74) is 5.85. The maximum atomic E-state index is 12.4. The number of aromatic nitrogens is 1. The molecule has 1 heterocycles. The Morgan fingerprint density at radius 1 is 0.923 bits per heavy atom. The number of benzene rings is 2. The number of hydrogen-bond acceptors (Lipinski definition) is 3. The molecule has 134 valence electrons. The summed E-state index contributed by atoms with van der Waals surface area (Å²) >= 11 is 0. The molecule has 0 fully saturated rings. The molecule has 0 spiro atoms. The van der Waals surface area contributed by atoms with Gasteiger partial charge in [-0.3, -0.25) is 9.71 Å². The van der Waals surface area contributed by atoms with Crippen molar-refractivity contribution < 1.29 is 8.42 Å². The number of nitrogens with zero attached hydrogens (tertiary/aromatic N) is 1. The highest BCUT2D eigenvalue weighted by Crippen LogP contribution is 2.28. The summed E-state index contributed by atoms with van der Waals surface area (Å²) < 4.78 is 27.4. The Balaban J connectivity index is 1.74. The van der Waals surface area contributed by atoms with Crippen LogP contribution in [0, 0.1) is 13.8 Å². The Morgan fingerprint density at radius 3 is 2.38 bits per heavy atom. The summed E-state index contributed by atoms with van der Waals surface area (Å²) in [5, 5.41) is 0. The third kappa shape index (κ3) is 4.49. The van der Waals surface area contributed by atoms with E-state index in [4.69, 9.17) is 0 Å². The van der Waals surface area contributed by atoms with E-state index >= 15 is 0 Å². The van der Waals surface area contributed by atoms with Crippen LogP contribution >= 0.6 is 0 Å². The lowest BCUT2D eigenvalue weighted by Gasteiger charge is -2.12. The SMILES string of the molecule is Cc1cc(NS(=O)(=O)CCc2ccccc2)ccc1-c1cnccc1C. The van der Waals surface area contributed by atoms with Gasteiger partial charge in [-0.05, 0) is 60.7 Å². The molecule has 0 aliphatic heterocycles. The van der Waals surface area contributed by atoms with Crippen LogP contribution in [-0.2, 0) is 16.4 Å². The average molecular weight is 366 g/mol. The van der Waals surface area contributed by atoms with Gasteiger partial charge < -0.3 is 0 Å². The van der Waals surface area contributed by atoms with E-state index in [2.05, 4.69) is 9.71 Å². The predicted octanol–water partition coefficient (Wildman–Crippen LogP) is 4.35. The van der Waals surface area contributed by atoms with E-state index in [0.717, 1.165) is 27.8 Å². The number of aryl methyl sites for hydroxylation is 3. The maximum Gasteiger partial charge on any atom is 0.233 e. The van der Waals surface area contributed by atoms with Gasteiger partial charge in [0.1, 0.15) is 0 Å². The van der Waals surface area contributed by atoms with Gasteiger partial charge in [0.2, 0.25) is 10.0 Å². The monoisotopic (exact) mass is 366 g/mol. The van der Waals surface area contributed by atoms with E-state index in [9.17, 15) is 8.42 Å². The van der Waals surface area contributed by atoms with Crippen molar-refractivity contribution in [3.63, 3.8) is 0 Å². The molecule has 1 aromatic heterocycles. The molecule has 4 nitrogen and oxygen atoms in total. The van der Waals surface area contributed by atoms with Crippen LogP contribution in [0.15, 0.2) is 67.0 Å². The summed E-state index contributed by atoms with van der Waals surface area (Å²) in [6.45, 7) is 4.01. The smallest absolute Gasteiger partial charge is 0.233 e. The molecule has 0 aliphatic carbocycles. The molecule has 0 bridgehead atoms. The molecule has 26 heavy (non-hydrogen) atoms. The zero-order chi connectivity index (χ0) is 18.6. The standard InChI is InChI=1S/C21H22N2O2S/c1-16-10-12-22-15-21(16)20-9-8-19(14-17(20)2)23-26(24,25)13-11-18-6-4-3-5-7-18/h3-10,12,14-15,23H,11,13H2,1-2H3. The first-order valence-corrected chi connectivity index (χ1v) is 10.2. The lowest BCUT2D eigenvalue weighted by atomic mass is 9.98. The van der Waals surface area contributed by atoms with Crippen molar-refractivity contribution in [3.05, 3.63) is 83.7 Å². The molecule has 0 amide bonds. The zero-order valence-corrected chi connectivity index (χ0v) is 15.8.